The molecule has 1 aliphatic heterocycles. The Bertz CT molecular complexity index is 544. The van der Waals surface area contributed by atoms with Gasteiger partial charge in [0.2, 0.25) is 0 Å². The summed E-state index contributed by atoms with van der Waals surface area (Å²) >= 11 is 5.04. The maximum absolute atomic E-state index is 12.3. The lowest BCUT2D eigenvalue weighted by atomic mass is 10.2. The number of furan rings is 1. The molecule has 0 saturated carbocycles. The second-order valence-corrected chi connectivity index (χ2v) is 5.78. The van der Waals surface area contributed by atoms with Gasteiger partial charge in [-0.1, -0.05) is 0 Å². The molecule has 2 amide bonds. The van der Waals surface area contributed by atoms with Crippen LogP contribution in [-0.4, -0.2) is 40.5 Å². The molecule has 0 spiro atoms. The predicted molar refractivity (Wildman–Crippen MR) is 84.9 cm³/mol. The monoisotopic (exact) mass is 324 g/mol. The van der Waals surface area contributed by atoms with Gasteiger partial charge in [0.1, 0.15) is 6.04 Å². The van der Waals surface area contributed by atoms with Gasteiger partial charge in [-0.2, -0.15) is 0 Å². The minimum absolute atomic E-state index is 0.167. The molecule has 1 aliphatic rings. The van der Waals surface area contributed by atoms with Gasteiger partial charge < -0.3 is 14.6 Å². The summed E-state index contributed by atoms with van der Waals surface area (Å²) in [6.45, 7) is 4.42. The summed E-state index contributed by atoms with van der Waals surface area (Å²) < 4.78 is 5.11. The first-order valence-electron chi connectivity index (χ1n) is 7.20. The topological polar surface area (TPSA) is 86.6 Å². The first-order chi connectivity index (χ1) is 10.5. The summed E-state index contributed by atoms with van der Waals surface area (Å²) in [7, 11) is 0. The Morgan fingerprint density at radius 2 is 2.18 bits per heavy atom. The lowest BCUT2D eigenvalue weighted by Crippen LogP contribution is -2.54. The molecular formula is C14H20N4O3S. The lowest BCUT2D eigenvalue weighted by molar-refractivity contribution is -0.125. The SMILES string of the molecule is CC(C)NC(=S)NNC(=O)[C@H]1CCCN1C(=O)c1ccco1. The van der Waals surface area contributed by atoms with Crippen molar-refractivity contribution in [3.63, 3.8) is 0 Å². The Kier molecular flexibility index (Phi) is 5.37. The highest BCUT2D eigenvalue weighted by Crippen LogP contribution is 2.20. The number of rotatable bonds is 3. The number of nitrogens with zero attached hydrogens (tertiary/aromatic N) is 1. The summed E-state index contributed by atoms with van der Waals surface area (Å²) in [5, 5.41) is 3.29. The van der Waals surface area contributed by atoms with Crippen LogP contribution in [0, 0.1) is 0 Å². The largest absolute Gasteiger partial charge is 0.459 e. The van der Waals surface area contributed by atoms with E-state index in [-0.39, 0.29) is 23.6 Å². The fourth-order valence-corrected chi connectivity index (χ4v) is 2.61. The number of likely N-dealkylation sites (tertiary alicyclic amines) is 1. The van der Waals surface area contributed by atoms with Crippen LogP contribution >= 0.6 is 12.2 Å². The van der Waals surface area contributed by atoms with Crippen molar-refractivity contribution in [1.29, 1.82) is 0 Å². The minimum Gasteiger partial charge on any atom is -0.459 e. The van der Waals surface area contributed by atoms with Gasteiger partial charge in [-0.05, 0) is 51.0 Å². The number of carbonyl (C=O) groups excluding carboxylic acids is 2. The molecule has 3 N–H and O–H groups in total. The maximum atomic E-state index is 12.3. The molecule has 0 aliphatic carbocycles. The maximum Gasteiger partial charge on any atom is 0.290 e. The number of hydrazine groups is 1. The van der Waals surface area contributed by atoms with Gasteiger partial charge >= 0.3 is 0 Å². The van der Waals surface area contributed by atoms with Crippen molar-refractivity contribution in [3.8, 4) is 0 Å². The minimum atomic E-state index is -0.521. The quantitative estimate of drug-likeness (QED) is 0.563. The van der Waals surface area contributed by atoms with E-state index in [2.05, 4.69) is 16.2 Å². The fourth-order valence-electron chi connectivity index (χ4n) is 2.32. The third-order valence-electron chi connectivity index (χ3n) is 3.27. The van der Waals surface area contributed by atoms with Crippen molar-refractivity contribution in [2.24, 2.45) is 0 Å². The molecule has 2 heterocycles. The van der Waals surface area contributed by atoms with Gasteiger partial charge in [0.05, 0.1) is 6.26 Å². The number of carbonyl (C=O) groups is 2. The van der Waals surface area contributed by atoms with E-state index in [1.165, 1.54) is 11.2 Å². The molecule has 1 aromatic rings. The molecule has 8 heteroatoms. The van der Waals surface area contributed by atoms with Crippen molar-refractivity contribution >= 4 is 29.1 Å². The Morgan fingerprint density at radius 1 is 1.41 bits per heavy atom. The number of hydrogen-bond donors (Lipinski definition) is 3. The highest BCUT2D eigenvalue weighted by molar-refractivity contribution is 7.80. The first kappa shape index (κ1) is 16.3. The molecule has 120 valence electrons. The van der Waals surface area contributed by atoms with Crippen LogP contribution < -0.4 is 16.2 Å². The summed E-state index contributed by atoms with van der Waals surface area (Å²) in [5.41, 5.74) is 5.19. The van der Waals surface area contributed by atoms with Crippen LogP contribution in [0.4, 0.5) is 0 Å². The van der Waals surface area contributed by atoms with E-state index in [1.807, 2.05) is 13.8 Å². The lowest BCUT2D eigenvalue weighted by Gasteiger charge is -2.23. The van der Waals surface area contributed by atoms with E-state index in [0.717, 1.165) is 6.42 Å². The van der Waals surface area contributed by atoms with Gasteiger partial charge in [-0.3, -0.25) is 20.4 Å². The van der Waals surface area contributed by atoms with Crippen LogP contribution in [0.1, 0.15) is 37.2 Å². The van der Waals surface area contributed by atoms with E-state index in [9.17, 15) is 9.59 Å². The van der Waals surface area contributed by atoms with Gasteiger partial charge in [0.15, 0.2) is 10.9 Å². The van der Waals surface area contributed by atoms with Crippen LogP contribution in [0.15, 0.2) is 22.8 Å². The van der Waals surface area contributed by atoms with Crippen molar-refractivity contribution in [3.05, 3.63) is 24.2 Å². The molecule has 7 nitrogen and oxygen atoms in total. The fraction of sp³-hybridized carbons (Fsp3) is 0.500. The summed E-state index contributed by atoms with van der Waals surface area (Å²) in [5.74, 6) is -0.319. The van der Waals surface area contributed by atoms with Crippen molar-refractivity contribution in [2.75, 3.05) is 6.54 Å². The molecule has 0 bridgehead atoms. The van der Waals surface area contributed by atoms with Gasteiger partial charge in [0.25, 0.3) is 11.8 Å². The molecule has 0 aromatic carbocycles. The number of hydrogen-bond acceptors (Lipinski definition) is 4. The molecule has 1 fully saturated rings. The van der Waals surface area contributed by atoms with Crippen LogP contribution in [0.2, 0.25) is 0 Å². The van der Waals surface area contributed by atoms with E-state index >= 15 is 0 Å². The van der Waals surface area contributed by atoms with Crippen LogP contribution in [-0.2, 0) is 4.79 Å². The predicted octanol–water partition coefficient (Wildman–Crippen LogP) is 0.788. The number of thiocarbonyl (C=S) groups is 1. The van der Waals surface area contributed by atoms with Crippen molar-refractivity contribution in [2.45, 2.75) is 38.8 Å². The molecular weight excluding hydrogens is 304 g/mol. The second-order valence-electron chi connectivity index (χ2n) is 5.38. The molecule has 0 unspecified atom stereocenters. The molecule has 1 atom stereocenters. The average Bonchev–Trinajstić information content (AvgIpc) is 3.13. The number of amides is 2. The standard InChI is InChI=1S/C14H20N4O3S/c1-9(2)15-14(22)17-16-12(19)10-5-3-7-18(10)13(20)11-6-4-8-21-11/h4,6,8-10H,3,5,7H2,1-2H3,(H,16,19)(H2,15,17,22)/t10-/m1/s1. The van der Waals surface area contributed by atoms with Crippen LogP contribution in [0.5, 0.6) is 0 Å². The molecule has 2 rings (SSSR count). The second kappa shape index (κ2) is 7.26. The molecule has 0 radical (unpaired) electrons. The Hall–Kier alpha value is -2.09. The van der Waals surface area contributed by atoms with E-state index in [1.54, 1.807) is 12.1 Å². The third-order valence-corrected chi connectivity index (χ3v) is 3.49. The summed E-state index contributed by atoms with van der Waals surface area (Å²) in [6, 6.07) is 2.89. The Morgan fingerprint density at radius 3 is 2.82 bits per heavy atom. The van der Waals surface area contributed by atoms with Gasteiger partial charge in [0, 0.05) is 12.6 Å². The molecule has 1 saturated heterocycles. The smallest absolute Gasteiger partial charge is 0.290 e. The summed E-state index contributed by atoms with van der Waals surface area (Å²) in [6.07, 6.45) is 2.83. The van der Waals surface area contributed by atoms with Crippen molar-refractivity contribution in [1.82, 2.24) is 21.1 Å². The van der Waals surface area contributed by atoms with E-state index < -0.39 is 6.04 Å². The third kappa shape index (κ3) is 3.97. The average molecular weight is 324 g/mol. The Balaban J connectivity index is 1.91. The van der Waals surface area contributed by atoms with E-state index in [0.29, 0.717) is 18.1 Å². The van der Waals surface area contributed by atoms with E-state index in [4.69, 9.17) is 16.6 Å². The molecule has 1 aromatic heterocycles. The van der Waals surface area contributed by atoms with Gasteiger partial charge in [-0.25, -0.2) is 0 Å². The zero-order valence-corrected chi connectivity index (χ0v) is 13.4. The summed E-state index contributed by atoms with van der Waals surface area (Å²) in [4.78, 5) is 26.1. The van der Waals surface area contributed by atoms with Crippen LogP contribution in [0.3, 0.4) is 0 Å². The molecule has 22 heavy (non-hydrogen) atoms. The van der Waals surface area contributed by atoms with Crippen LogP contribution in [0.25, 0.3) is 0 Å². The highest BCUT2D eigenvalue weighted by Gasteiger charge is 2.35. The highest BCUT2D eigenvalue weighted by atomic mass is 32.1. The Labute approximate surface area is 134 Å². The first-order valence-corrected chi connectivity index (χ1v) is 7.60. The normalized spacial score (nSPS) is 17.4. The zero-order valence-electron chi connectivity index (χ0n) is 12.6. The van der Waals surface area contributed by atoms with Crippen molar-refractivity contribution < 1.29 is 14.0 Å². The number of nitrogens with one attached hydrogen (secondary N) is 3. The zero-order chi connectivity index (χ0) is 16.1. The van der Waals surface area contributed by atoms with Gasteiger partial charge in [-0.15, -0.1) is 0 Å².